The quantitative estimate of drug-likeness (QED) is 0.648. The van der Waals surface area contributed by atoms with E-state index in [1.165, 1.54) is 0 Å². The molecule has 0 saturated carbocycles. The molecule has 0 aliphatic heterocycles. The minimum atomic E-state index is 0.300. The molecule has 94 valence electrons. The minimum absolute atomic E-state index is 0.300. The van der Waals surface area contributed by atoms with Gasteiger partial charge in [0.15, 0.2) is 0 Å². The lowest BCUT2D eigenvalue weighted by Crippen LogP contribution is -1.92. The average molecular weight is 302 g/mol. The number of halogens is 3. The van der Waals surface area contributed by atoms with Gasteiger partial charge in [0.05, 0.1) is 5.88 Å². The molecular weight excluding hydrogens is 291 g/mol. The summed E-state index contributed by atoms with van der Waals surface area (Å²) in [5.74, 6) is 1.66. The highest BCUT2D eigenvalue weighted by molar-refractivity contribution is 6.32. The highest BCUT2D eigenvalue weighted by atomic mass is 35.5. The maximum absolute atomic E-state index is 6.08. The second kappa shape index (κ2) is 5.83. The Bertz CT molecular complexity index is 567. The van der Waals surface area contributed by atoms with E-state index in [0.717, 1.165) is 11.1 Å². The first kappa shape index (κ1) is 13.5. The van der Waals surface area contributed by atoms with Crippen molar-refractivity contribution in [2.24, 2.45) is 0 Å². The van der Waals surface area contributed by atoms with Crippen molar-refractivity contribution in [3.05, 3.63) is 57.6 Å². The van der Waals surface area contributed by atoms with Gasteiger partial charge < -0.3 is 4.74 Å². The summed E-state index contributed by atoms with van der Waals surface area (Å²) >= 11 is 17.9. The largest absolute Gasteiger partial charge is 0.457 e. The highest BCUT2D eigenvalue weighted by Crippen LogP contribution is 2.33. The van der Waals surface area contributed by atoms with Gasteiger partial charge in [0.1, 0.15) is 11.5 Å². The van der Waals surface area contributed by atoms with E-state index < -0.39 is 0 Å². The topological polar surface area (TPSA) is 9.23 Å². The zero-order valence-corrected chi connectivity index (χ0v) is 12.0. The molecule has 0 N–H and O–H groups in total. The fourth-order valence-electron chi connectivity index (χ4n) is 1.57. The van der Waals surface area contributed by atoms with Crippen LogP contribution in [0.4, 0.5) is 0 Å². The molecule has 18 heavy (non-hydrogen) atoms. The lowest BCUT2D eigenvalue weighted by atomic mass is 10.2. The molecule has 0 heterocycles. The third kappa shape index (κ3) is 2.92. The molecule has 0 atom stereocenters. The Morgan fingerprint density at radius 3 is 2.56 bits per heavy atom. The Kier molecular flexibility index (Phi) is 4.39. The van der Waals surface area contributed by atoms with Crippen LogP contribution in [0.3, 0.4) is 0 Å². The molecule has 0 saturated heterocycles. The van der Waals surface area contributed by atoms with Crippen LogP contribution in [0.15, 0.2) is 36.4 Å². The second-order valence-electron chi connectivity index (χ2n) is 3.86. The van der Waals surface area contributed by atoms with Crippen LogP contribution >= 0.6 is 34.8 Å². The summed E-state index contributed by atoms with van der Waals surface area (Å²) in [6.07, 6.45) is 0. The van der Waals surface area contributed by atoms with Gasteiger partial charge in [-0.25, -0.2) is 0 Å². The number of hydrogen-bond donors (Lipinski definition) is 0. The van der Waals surface area contributed by atoms with Crippen LogP contribution < -0.4 is 4.74 Å². The van der Waals surface area contributed by atoms with Gasteiger partial charge in [-0.1, -0.05) is 35.3 Å². The molecule has 0 bridgehead atoms. The summed E-state index contributed by atoms with van der Waals surface area (Å²) < 4.78 is 5.84. The summed E-state index contributed by atoms with van der Waals surface area (Å²) in [5.41, 5.74) is 1.78. The van der Waals surface area contributed by atoms with Crippen LogP contribution in [0.2, 0.25) is 10.0 Å². The molecule has 0 aliphatic carbocycles. The zero-order chi connectivity index (χ0) is 13.1. The molecule has 1 nitrogen and oxygen atoms in total. The molecule has 0 aromatic heterocycles. The number of rotatable bonds is 3. The van der Waals surface area contributed by atoms with Gasteiger partial charge >= 0.3 is 0 Å². The number of ether oxygens (including phenoxy) is 1. The molecule has 0 unspecified atom stereocenters. The van der Waals surface area contributed by atoms with Gasteiger partial charge in [-0.2, -0.15) is 0 Å². The smallest absolute Gasteiger partial charge is 0.133 e. The van der Waals surface area contributed by atoms with Gasteiger partial charge in [-0.05, 0) is 36.8 Å². The lowest BCUT2D eigenvalue weighted by Gasteiger charge is -2.12. The summed E-state index contributed by atoms with van der Waals surface area (Å²) in [6, 6.07) is 11.0. The van der Waals surface area contributed by atoms with Crippen molar-refractivity contribution >= 4 is 34.8 Å². The molecule has 0 amide bonds. The van der Waals surface area contributed by atoms with E-state index in [0.29, 0.717) is 27.4 Å². The molecule has 0 spiro atoms. The minimum Gasteiger partial charge on any atom is -0.457 e. The molecule has 0 fully saturated rings. The van der Waals surface area contributed by atoms with Crippen LogP contribution in [0, 0.1) is 6.92 Å². The summed E-state index contributed by atoms with van der Waals surface area (Å²) in [5, 5.41) is 1.23. The Balaban J connectivity index is 2.40. The maximum atomic E-state index is 6.08. The van der Waals surface area contributed by atoms with E-state index in [9.17, 15) is 0 Å². The molecular formula is C14H11Cl3O. The van der Waals surface area contributed by atoms with Crippen LogP contribution in [-0.2, 0) is 5.88 Å². The predicted molar refractivity (Wildman–Crippen MR) is 77.3 cm³/mol. The lowest BCUT2D eigenvalue weighted by molar-refractivity contribution is 0.475. The van der Waals surface area contributed by atoms with Crippen molar-refractivity contribution < 1.29 is 4.74 Å². The monoisotopic (exact) mass is 300 g/mol. The first-order chi connectivity index (χ1) is 8.61. The molecule has 2 rings (SSSR count). The van der Waals surface area contributed by atoms with Crippen molar-refractivity contribution in [1.29, 1.82) is 0 Å². The number of aryl methyl sites for hydroxylation is 1. The van der Waals surface area contributed by atoms with E-state index >= 15 is 0 Å². The van der Waals surface area contributed by atoms with Gasteiger partial charge in [0.25, 0.3) is 0 Å². The van der Waals surface area contributed by atoms with E-state index in [1.54, 1.807) is 12.1 Å². The van der Waals surface area contributed by atoms with Crippen molar-refractivity contribution in [2.75, 3.05) is 0 Å². The normalized spacial score (nSPS) is 10.4. The van der Waals surface area contributed by atoms with E-state index in [-0.39, 0.29) is 0 Å². The highest BCUT2D eigenvalue weighted by Gasteiger charge is 2.09. The van der Waals surface area contributed by atoms with Gasteiger partial charge in [-0.3, -0.25) is 0 Å². The van der Waals surface area contributed by atoms with Gasteiger partial charge in [0, 0.05) is 15.6 Å². The average Bonchev–Trinajstić information content (AvgIpc) is 2.34. The molecule has 2 aromatic carbocycles. The fourth-order valence-corrected chi connectivity index (χ4v) is 2.31. The fraction of sp³-hybridized carbons (Fsp3) is 0.143. The van der Waals surface area contributed by atoms with Crippen molar-refractivity contribution in [3.63, 3.8) is 0 Å². The van der Waals surface area contributed by atoms with Crippen molar-refractivity contribution in [3.8, 4) is 11.5 Å². The van der Waals surface area contributed by atoms with E-state index in [1.807, 2.05) is 31.2 Å². The molecule has 0 radical (unpaired) electrons. The molecule has 4 heteroatoms. The SMILES string of the molecule is Cc1ccc(Cl)cc1Oc1cccc(Cl)c1CCl. The van der Waals surface area contributed by atoms with Crippen LogP contribution in [0.1, 0.15) is 11.1 Å². The Morgan fingerprint density at radius 2 is 1.83 bits per heavy atom. The first-order valence-electron chi connectivity index (χ1n) is 5.39. The third-order valence-corrected chi connectivity index (χ3v) is 3.44. The zero-order valence-electron chi connectivity index (χ0n) is 9.71. The van der Waals surface area contributed by atoms with Crippen LogP contribution in [-0.4, -0.2) is 0 Å². The maximum Gasteiger partial charge on any atom is 0.133 e. The van der Waals surface area contributed by atoms with Crippen molar-refractivity contribution in [2.45, 2.75) is 12.8 Å². The van der Waals surface area contributed by atoms with Crippen LogP contribution in [0.25, 0.3) is 0 Å². The predicted octanol–water partition coefficient (Wildman–Crippen LogP) is 5.83. The van der Waals surface area contributed by atoms with Gasteiger partial charge in [0.2, 0.25) is 0 Å². The number of benzene rings is 2. The van der Waals surface area contributed by atoms with Gasteiger partial charge in [-0.15, -0.1) is 11.6 Å². The third-order valence-electron chi connectivity index (χ3n) is 2.58. The molecule has 2 aromatic rings. The summed E-state index contributed by atoms with van der Waals surface area (Å²) in [6.45, 7) is 1.95. The Hall–Kier alpha value is -0.890. The summed E-state index contributed by atoms with van der Waals surface area (Å²) in [7, 11) is 0. The Morgan fingerprint density at radius 1 is 1.06 bits per heavy atom. The van der Waals surface area contributed by atoms with E-state index in [2.05, 4.69) is 0 Å². The van der Waals surface area contributed by atoms with Crippen molar-refractivity contribution in [1.82, 2.24) is 0 Å². The second-order valence-corrected chi connectivity index (χ2v) is 4.97. The summed E-state index contributed by atoms with van der Waals surface area (Å²) in [4.78, 5) is 0. The standard InChI is InChI=1S/C14H11Cl3O/c1-9-5-6-10(16)7-14(9)18-13-4-2-3-12(17)11(13)8-15/h2-7H,8H2,1H3. The number of hydrogen-bond acceptors (Lipinski definition) is 1. The molecule has 0 aliphatic rings. The Labute approximate surface area is 121 Å². The van der Waals surface area contributed by atoms with Crippen LogP contribution in [0.5, 0.6) is 11.5 Å². The number of alkyl halides is 1. The van der Waals surface area contributed by atoms with E-state index in [4.69, 9.17) is 39.5 Å². The first-order valence-corrected chi connectivity index (χ1v) is 6.68.